The van der Waals surface area contributed by atoms with E-state index in [4.69, 9.17) is 0 Å². The summed E-state index contributed by atoms with van der Waals surface area (Å²) in [5.74, 6) is 0.718. The first-order chi connectivity index (χ1) is 9.53. The molecule has 0 atom stereocenters. The number of nitrogens with one attached hydrogen (secondary N) is 2. The molecule has 1 aliphatic rings. The van der Waals surface area contributed by atoms with Crippen LogP contribution in [0.5, 0.6) is 0 Å². The van der Waals surface area contributed by atoms with Crippen molar-refractivity contribution < 1.29 is 8.42 Å². The molecule has 7 nitrogen and oxygen atoms in total. The molecule has 1 saturated heterocycles. The van der Waals surface area contributed by atoms with Crippen molar-refractivity contribution in [1.29, 1.82) is 0 Å². The average molecular weight is 374 g/mol. The highest BCUT2D eigenvalue weighted by Gasteiger charge is 2.19. The third-order valence-corrected chi connectivity index (χ3v) is 4.83. The van der Waals surface area contributed by atoms with Gasteiger partial charge >= 0.3 is 0 Å². The molecule has 2 heterocycles. The Morgan fingerprint density at radius 2 is 1.95 bits per heavy atom. The van der Waals surface area contributed by atoms with Crippen molar-refractivity contribution in [3.05, 3.63) is 12.0 Å². The summed E-state index contributed by atoms with van der Waals surface area (Å²) in [6.07, 6.45) is 1.59. The van der Waals surface area contributed by atoms with Gasteiger partial charge in [-0.25, -0.2) is 18.1 Å². The molecule has 2 N–H and O–H groups in total. The van der Waals surface area contributed by atoms with E-state index in [-0.39, 0.29) is 29.8 Å². The number of halogens is 2. The first-order valence-electron chi connectivity index (χ1n) is 6.99. The molecule has 0 saturated carbocycles. The fraction of sp³-hybridized carbons (Fsp3) is 0.750. The van der Waals surface area contributed by atoms with Crippen molar-refractivity contribution in [2.24, 2.45) is 0 Å². The van der Waals surface area contributed by atoms with Gasteiger partial charge in [-0.3, -0.25) is 4.90 Å². The maximum absolute atomic E-state index is 12.1. The minimum atomic E-state index is -3.50. The van der Waals surface area contributed by atoms with E-state index in [2.05, 4.69) is 19.9 Å². The van der Waals surface area contributed by atoms with Crippen molar-refractivity contribution in [2.75, 3.05) is 39.3 Å². The van der Waals surface area contributed by atoms with Crippen LogP contribution in [-0.2, 0) is 16.6 Å². The Hall–Kier alpha value is -0.380. The Balaban J connectivity index is 0.00000220. The summed E-state index contributed by atoms with van der Waals surface area (Å²) >= 11 is 0. The highest BCUT2D eigenvalue weighted by atomic mass is 35.5. The molecular formula is C12H25Cl2N5O2S. The fourth-order valence-electron chi connectivity index (χ4n) is 2.28. The maximum atomic E-state index is 12.1. The van der Waals surface area contributed by atoms with Gasteiger partial charge in [0.05, 0.1) is 0 Å². The third kappa shape index (κ3) is 5.68. The average Bonchev–Trinajstić information content (AvgIpc) is 2.82. The minimum absolute atomic E-state index is 0. The van der Waals surface area contributed by atoms with Crippen LogP contribution in [-0.4, -0.2) is 62.1 Å². The second-order valence-corrected chi connectivity index (χ2v) is 6.62. The van der Waals surface area contributed by atoms with Gasteiger partial charge in [-0.1, -0.05) is 0 Å². The van der Waals surface area contributed by atoms with E-state index in [0.29, 0.717) is 6.54 Å². The lowest BCUT2D eigenvalue weighted by molar-refractivity contribution is 0.245. The molecule has 1 aliphatic heterocycles. The van der Waals surface area contributed by atoms with Crippen molar-refractivity contribution >= 4 is 34.8 Å². The molecule has 0 unspecified atom stereocenters. The number of hydrogen-bond acceptors (Lipinski definition) is 5. The quantitative estimate of drug-likeness (QED) is 0.746. The summed E-state index contributed by atoms with van der Waals surface area (Å²) in [4.78, 5) is 6.35. The smallest absolute Gasteiger partial charge is 0.259 e. The third-order valence-electron chi connectivity index (χ3n) is 3.50. The topological polar surface area (TPSA) is 79.3 Å². The number of aryl methyl sites for hydroxylation is 2. The standard InChI is InChI=1S/C12H23N5O2S.2ClH/c1-3-17-10-12(15-11(17)2)20(18,19)14-6-9-16-7-4-13-5-8-16;;/h10,13-14H,3-9H2,1-2H3;2*1H. The highest BCUT2D eigenvalue weighted by Crippen LogP contribution is 2.08. The first-order valence-corrected chi connectivity index (χ1v) is 8.48. The van der Waals surface area contributed by atoms with Gasteiger partial charge in [0, 0.05) is 52.0 Å². The number of nitrogens with zero attached hydrogens (tertiary/aromatic N) is 3. The Kier molecular flexibility index (Phi) is 9.52. The monoisotopic (exact) mass is 373 g/mol. The number of sulfonamides is 1. The number of imidazole rings is 1. The lowest BCUT2D eigenvalue weighted by Gasteiger charge is -2.26. The molecular weight excluding hydrogens is 349 g/mol. The molecule has 1 aromatic rings. The SMILES string of the molecule is CCn1cc(S(=O)(=O)NCCN2CCNCC2)nc1C.Cl.Cl. The fourth-order valence-corrected chi connectivity index (χ4v) is 3.30. The molecule has 0 radical (unpaired) electrons. The lowest BCUT2D eigenvalue weighted by Crippen LogP contribution is -2.46. The van der Waals surface area contributed by atoms with Gasteiger partial charge < -0.3 is 9.88 Å². The summed E-state index contributed by atoms with van der Waals surface area (Å²) in [7, 11) is -3.50. The van der Waals surface area contributed by atoms with Crippen LogP contribution in [0.15, 0.2) is 11.2 Å². The molecule has 0 aromatic carbocycles. The minimum Gasteiger partial charge on any atom is -0.334 e. The van der Waals surface area contributed by atoms with Crippen LogP contribution in [0.4, 0.5) is 0 Å². The number of rotatable bonds is 6. The van der Waals surface area contributed by atoms with Crippen LogP contribution in [0.3, 0.4) is 0 Å². The second kappa shape index (κ2) is 9.69. The summed E-state index contributed by atoms with van der Waals surface area (Å²) in [6.45, 7) is 9.49. The summed E-state index contributed by atoms with van der Waals surface area (Å²) < 4.78 is 28.7. The lowest BCUT2D eigenvalue weighted by atomic mass is 10.3. The molecule has 0 aliphatic carbocycles. The van der Waals surface area contributed by atoms with Gasteiger partial charge in [0.25, 0.3) is 10.0 Å². The number of aromatic nitrogens is 2. The zero-order chi connectivity index (χ0) is 14.6. The van der Waals surface area contributed by atoms with Crippen molar-refractivity contribution in [3.8, 4) is 0 Å². The maximum Gasteiger partial charge on any atom is 0.259 e. The van der Waals surface area contributed by atoms with E-state index in [1.807, 2.05) is 18.4 Å². The molecule has 0 spiro atoms. The van der Waals surface area contributed by atoms with Crippen LogP contribution >= 0.6 is 24.8 Å². The molecule has 22 heavy (non-hydrogen) atoms. The Morgan fingerprint density at radius 3 is 2.50 bits per heavy atom. The highest BCUT2D eigenvalue weighted by molar-refractivity contribution is 7.89. The van der Waals surface area contributed by atoms with E-state index in [1.165, 1.54) is 0 Å². The van der Waals surface area contributed by atoms with Gasteiger partial charge in [-0.2, -0.15) is 0 Å². The molecule has 1 aromatic heterocycles. The van der Waals surface area contributed by atoms with Crippen LogP contribution < -0.4 is 10.0 Å². The molecule has 0 bridgehead atoms. The van der Waals surface area contributed by atoms with E-state index in [9.17, 15) is 8.42 Å². The van der Waals surface area contributed by atoms with E-state index < -0.39 is 10.0 Å². The molecule has 2 rings (SSSR count). The second-order valence-electron chi connectivity index (χ2n) is 4.90. The largest absolute Gasteiger partial charge is 0.334 e. The number of piperazine rings is 1. The van der Waals surface area contributed by atoms with Crippen molar-refractivity contribution in [3.63, 3.8) is 0 Å². The Morgan fingerprint density at radius 1 is 1.32 bits per heavy atom. The van der Waals surface area contributed by atoms with Crippen LogP contribution in [0.1, 0.15) is 12.7 Å². The molecule has 10 heteroatoms. The van der Waals surface area contributed by atoms with Crippen LogP contribution in [0, 0.1) is 6.92 Å². The number of hydrogen-bond donors (Lipinski definition) is 2. The summed E-state index contributed by atoms with van der Waals surface area (Å²) in [6, 6.07) is 0. The molecule has 1 fully saturated rings. The van der Waals surface area contributed by atoms with Gasteiger partial charge in [0.1, 0.15) is 5.82 Å². The first kappa shape index (κ1) is 21.6. The zero-order valence-electron chi connectivity index (χ0n) is 12.9. The normalized spacial score (nSPS) is 15.9. The van der Waals surface area contributed by atoms with E-state index >= 15 is 0 Å². The predicted molar refractivity (Wildman–Crippen MR) is 91.6 cm³/mol. The van der Waals surface area contributed by atoms with Gasteiger partial charge in [-0.05, 0) is 13.8 Å². The van der Waals surface area contributed by atoms with Gasteiger partial charge in [-0.15, -0.1) is 24.8 Å². The van der Waals surface area contributed by atoms with Crippen molar-refractivity contribution in [1.82, 2.24) is 24.5 Å². The van der Waals surface area contributed by atoms with E-state index in [0.717, 1.165) is 45.1 Å². The Labute approximate surface area is 144 Å². The van der Waals surface area contributed by atoms with Gasteiger partial charge in [0.15, 0.2) is 5.03 Å². The zero-order valence-corrected chi connectivity index (χ0v) is 15.4. The predicted octanol–water partition coefficient (Wildman–Crippen LogP) is 0.239. The Bertz CT molecular complexity index is 544. The summed E-state index contributed by atoms with van der Waals surface area (Å²) in [5.41, 5.74) is 0. The molecule has 0 amide bonds. The van der Waals surface area contributed by atoms with Gasteiger partial charge in [0.2, 0.25) is 0 Å². The van der Waals surface area contributed by atoms with E-state index in [1.54, 1.807) is 6.20 Å². The van der Waals surface area contributed by atoms with Crippen LogP contribution in [0.25, 0.3) is 0 Å². The van der Waals surface area contributed by atoms with Crippen molar-refractivity contribution in [2.45, 2.75) is 25.4 Å². The molecule has 130 valence electrons. The summed E-state index contributed by atoms with van der Waals surface area (Å²) in [5, 5.41) is 3.38. The van der Waals surface area contributed by atoms with Crippen LogP contribution in [0.2, 0.25) is 0 Å².